The second-order valence-electron chi connectivity index (χ2n) is 9.51. The number of halogens is 4. The third kappa shape index (κ3) is 6.96. The molecule has 1 fully saturated rings. The Morgan fingerprint density at radius 2 is 1.81 bits per heavy atom. The highest BCUT2D eigenvalue weighted by Gasteiger charge is 2.38. The topological polar surface area (TPSA) is 130 Å². The van der Waals surface area contributed by atoms with Crippen molar-refractivity contribution in [3.63, 3.8) is 0 Å². The molecule has 1 amide bonds. The van der Waals surface area contributed by atoms with Crippen LogP contribution in [0.3, 0.4) is 0 Å². The Morgan fingerprint density at radius 3 is 2.50 bits per heavy atom. The summed E-state index contributed by atoms with van der Waals surface area (Å²) in [6.45, 7) is -0.270. The summed E-state index contributed by atoms with van der Waals surface area (Å²) < 4.78 is 98.6. The minimum atomic E-state index is -4.76. The fourth-order valence-corrected chi connectivity index (χ4v) is 6.03. The van der Waals surface area contributed by atoms with Crippen molar-refractivity contribution in [3.8, 4) is 11.6 Å². The standard InChI is InChI=1S/C25H24F4N4O7S2/c1-42(35,36)40-19-3-2-17(26)15-10-38-24(39-11-16(15)19)18-13-41-23(32-18)14-4-8-33(9-5-14)20(34)12-37-22-21(25(27,28)29)30-6-7-31-22/h2-3,6-7,13-14,24H,4-5,8-12H2,1H3. The van der Waals surface area contributed by atoms with E-state index in [0.717, 1.165) is 29.7 Å². The number of fused-ring (bicyclic) bond motifs is 1. The lowest BCUT2D eigenvalue weighted by Crippen LogP contribution is -2.40. The van der Waals surface area contributed by atoms with Crippen molar-refractivity contribution in [3.05, 3.63) is 63.2 Å². The average Bonchev–Trinajstić information content (AvgIpc) is 3.32. The Kier molecular flexibility index (Phi) is 8.63. The van der Waals surface area contributed by atoms with Crippen molar-refractivity contribution in [1.29, 1.82) is 0 Å². The minimum absolute atomic E-state index is 0.0146. The van der Waals surface area contributed by atoms with Crippen molar-refractivity contribution in [2.75, 3.05) is 26.0 Å². The zero-order valence-corrected chi connectivity index (χ0v) is 23.6. The van der Waals surface area contributed by atoms with Crippen LogP contribution in [0.5, 0.6) is 11.6 Å². The van der Waals surface area contributed by atoms with Crippen LogP contribution < -0.4 is 8.92 Å². The molecular formula is C25H24F4N4O7S2. The number of nitrogens with zero attached hydrogens (tertiary/aromatic N) is 4. The van der Waals surface area contributed by atoms with Crippen molar-refractivity contribution in [2.45, 2.75) is 44.4 Å². The summed E-state index contributed by atoms with van der Waals surface area (Å²) in [6.07, 6.45) is -1.74. The lowest BCUT2D eigenvalue weighted by Gasteiger charge is -2.31. The molecule has 2 aromatic heterocycles. The Hall–Kier alpha value is -3.41. The third-order valence-corrected chi connectivity index (χ3v) is 8.08. The van der Waals surface area contributed by atoms with Gasteiger partial charge in [-0.05, 0) is 25.0 Å². The number of alkyl halides is 3. The number of carbonyl (C=O) groups is 1. The van der Waals surface area contributed by atoms with Crippen molar-refractivity contribution in [2.24, 2.45) is 0 Å². The maximum absolute atomic E-state index is 14.5. The Bertz CT molecular complexity index is 1560. The van der Waals surface area contributed by atoms with Crippen LogP contribution in [0.4, 0.5) is 17.6 Å². The molecule has 0 N–H and O–H groups in total. The molecule has 11 nitrogen and oxygen atoms in total. The molecule has 17 heteroatoms. The summed E-state index contributed by atoms with van der Waals surface area (Å²) in [6, 6.07) is 2.32. The van der Waals surface area contributed by atoms with E-state index in [1.54, 1.807) is 5.38 Å². The van der Waals surface area contributed by atoms with E-state index in [-0.39, 0.29) is 36.0 Å². The number of benzene rings is 1. The van der Waals surface area contributed by atoms with Gasteiger partial charge in [0.05, 0.1) is 24.5 Å². The SMILES string of the molecule is CS(=O)(=O)Oc1ccc(F)c2c1COC(c1csc(C3CCN(C(=O)COc4nccnc4C(F)(F)F)CC3)n1)OC2. The van der Waals surface area contributed by atoms with Gasteiger partial charge in [-0.1, -0.05) is 0 Å². The van der Waals surface area contributed by atoms with Crippen LogP contribution in [0.1, 0.15) is 52.6 Å². The van der Waals surface area contributed by atoms with Crippen LogP contribution in [0.15, 0.2) is 29.9 Å². The number of hydrogen-bond acceptors (Lipinski definition) is 11. The first-order valence-electron chi connectivity index (χ1n) is 12.6. The quantitative estimate of drug-likeness (QED) is 0.279. The molecule has 1 atom stereocenters. The second-order valence-corrected chi connectivity index (χ2v) is 12.0. The van der Waals surface area contributed by atoms with E-state index in [1.165, 1.54) is 22.3 Å². The number of aromatic nitrogens is 3. The van der Waals surface area contributed by atoms with Gasteiger partial charge in [-0.15, -0.1) is 11.3 Å². The Morgan fingerprint density at radius 1 is 1.12 bits per heavy atom. The predicted molar refractivity (Wildman–Crippen MR) is 137 cm³/mol. The molecule has 226 valence electrons. The second kappa shape index (κ2) is 12.1. The minimum Gasteiger partial charge on any atom is -0.466 e. The van der Waals surface area contributed by atoms with E-state index in [4.69, 9.17) is 18.4 Å². The van der Waals surface area contributed by atoms with Gasteiger partial charge in [0, 0.05) is 47.9 Å². The molecule has 0 spiro atoms. The van der Waals surface area contributed by atoms with E-state index in [2.05, 4.69) is 15.0 Å². The summed E-state index contributed by atoms with van der Waals surface area (Å²) in [7, 11) is -3.85. The third-order valence-electron chi connectivity index (χ3n) is 6.57. The number of hydrogen-bond donors (Lipinski definition) is 0. The fraction of sp³-hybridized carbons (Fsp3) is 0.440. The zero-order valence-electron chi connectivity index (χ0n) is 22.0. The van der Waals surface area contributed by atoms with Crippen molar-refractivity contribution >= 4 is 27.4 Å². The number of rotatable bonds is 7. The van der Waals surface area contributed by atoms with Crippen LogP contribution in [-0.2, 0) is 43.8 Å². The van der Waals surface area contributed by atoms with Gasteiger partial charge in [0.25, 0.3) is 5.91 Å². The Labute approximate surface area is 241 Å². The molecule has 1 unspecified atom stereocenters. The van der Waals surface area contributed by atoms with Crippen molar-refractivity contribution < 1.29 is 49.2 Å². The predicted octanol–water partition coefficient (Wildman–Crippen LogP) is 3.96. The van der Waals surface area contributed by atoms with Gasteiger partial charge in [-0.25, -0.2) is 19.3 Å². The molecule has 0 aliphatic carbocycles. The fourth-order valence-electron chi connectivity index (χ4n) is 4.55. The molecular weight excluding hydrogens is 608 g/mol. The molecule has 0 bridgehead atoms. The number of piperidine rings is 1. The first-order chi connectivity index (χ1) is 19.9. The maximum Gasteiger partial charge on any atom is 0.438 e. The zero-order chi connectivity index (χ0) is 30.1. The molecule has 0 radical (unpaired) electrons. The van der Waals surface area contributed by atoms with Gasteiger partial charge in [0.15, 0.2) is 6.61 Å². The lowest BCUT2D eigenvalue weighted by atomic mass is 9.97. The maximum atomic E-state index is 14.5. The normalized spacial score (nSPS) is 18.3. The van der Waals surface area contributed by atoms with Gasteiger partial charge in [-0.2, -0.15) is 21.6 Å². The largest absolute Gasteiger partial charge is 0.466 e. The van der Waals surface area contributed by atoms with Crippen LogP contribution >= 0.6 is 11.3 Å². The molecule has 3 aromatic rings. The number of amides is 1. The van der Waals surface area contributed by atoms with E-state index in [0.29, 0.717) is 31.6 Å². The molecule has 42 heavy (non-hydrogen) atoms. The summed E-state index contributed by atoms with van der Waals surface area (Å²) in [5.74, 6) is -1.84. The molecule has 2 aliphatic rings. The van der Waals surface area contributed by atoms with Gasteiger partial charge >= 0.3 is 16.3 Å². The van der Waals surface area contributed by atoms with Gasteiger partial charge in [0.2, 0.25) is 17.9 Å². The first-order valence-corrected chi connectivity index (χ1v) is 15.3. The number of thiazole rings is 1. The van der Waals surface area contributed by atoms with Crippen LogP contribution in [-0.4, -0.2) is 60.1 Å². The number of carbonyl (C=O) groups excluding carboxylic acids is 1. The van der Waals surface area contributed by atoms with E-state index in [9.17, 15) is 30.8 Å². The Balaban J connectivity index is 1.16. The van der Waals surface area contributed by atoms with Gasteiger partial charge < -0.3 is 23.3 Å². The first kappa shape index (κ1) is 30.1. The van der Waals surface area contributed by atoms with Crippen molar-refractivity contribution in [1.82, 2.24) is 19.9 Å². The smallest absolute Gasteiger partial charge is 0.438 e. The monoisotopic (exact) mass is 632 g/mol. The number of ether oxygens (including phenoxy) is 3. The molecule has 1 saturated heterocycles. The van der Waals surface area contributed by atoms with Crippen LogP contribution in [0.2, 0.25) is 0 Å². The summed E-state index contributed by atoms with van der Waals surface area (Å²) in [5, 5.41) is 2.54. The average molecular weight is 633 g/mol. The summed E-state index contributed by atoms with van der Waals surface area (Å²) >= 11 is 1.38. The number of likely N-dealkylation sites (tertiary alicyclic amines) is 1. The summed E-state index contributed by atoms with van der Waals surface area (Å²) in [5.41, 5.74) is -0.475. The molecule has 0 saturated carbocycles. The molecule has 2 aliphatic heterocycles. The van der Waals surface area contributed by atoms with Crippen LogP contribution in [0.25, 0.3) is 0 Å². The van der Waals surface area contributed by atoms with Gasteiger partial charge in [0.1, 0.15) is 17.3 Å². The highest BCUT2D eigenvalue weighted by molar-refractivity contribution is 7.86. The molecule has 5 rings (SSSR count). The van der Waals surface area contributed by atoms with E-state index >= 15 is 0 Å². The van der Waals surface area contributed by atoms with E-state index in [1.807, 2.05) is 0 Å². The summed E-state index contributed by atoms with van der Waals surface area (Å²) in [4.78, 5) is 25.5. The molecule has 1 aromatic carbocycles. The van der Waals surface area contributed by atoms with E-state index < -0.39 is 52.5 Å². The highest BCUT2D eigenvalue weighted by Crippen LogP contribution is 2.37. The molecule has 4 heterocycles. The lowest BCUT2D eigenvalue weighted by molar-refractivity contribution is -0.155. The van der Waals surface area contributed by atoms with Crippen LogP contribution in [0, 0.1) is 5.82 Å². The highest BCUT2D eigenvalue weighted by atomic mass is 32.2. The van der Waals surface area contributed by atoms with Gasteiger partial charge in [-0.3, -0.25) is 4.79 Å².